The van der Waals surface area contributed by atoms with Crippen molar-refractivity contribution in [2.24, 2.45) is 5.41 Å². The van der Waals surface area contributed by atoms with Gasteiger partial charge in [0.05, 0.1) is 12.8 Å². The second-order valence-electron chi connectivity index (χ2n) is 6.91. The van der Waals surface area contributed by atoms with Crippen LogP contribution in [0.1, 0.15) is 20.8 Å². The third-order valence-corrected chi connectivity index (χ3v) is 3.81. The molecule has 0 aliphatic rings. The van der Waals surface area contributed by atoms with Crippen molar-refractivity contribution < 1.29 is 19.1 Å². The maximum absolute atomic E-state index is 12.2. The fraction of sp³-hybridized carbons (Fsp3) is 0.300. The van der Waals surface area contributed by atoms with Gasteiger partial charge in [-0.2, -0.15) is 0 Å². The number of methoxy groups -OCH3 is 1. The number of amides is 2. The van der Waals surface area contributed by atoms with Crippen molar-refractivity contribution in [1.29, 1.82) is 0 Å². The number of carbonyl (C=O) groups is 2. The molecule has 0 aliphatic heterocycles. The Morgan fingerprint density at radius 1 is 1.07 bits per heavy atom. The zero-order valence-electron chi connectivity index (χ0n) is 15.8. The highest BCUT2D eigenvalue weighted by Crippen LogP contribution is 2.27. The van der Waals surface area contributed by atoms with Crippen LogP contribution < -0.4 is 20.1 Å². The lowest BCUT2D eigenvalue weighted by molar-refractivity contribution is -0.123. The minimum atomic E-state index is -0.507. The fourth-order valence-corrected chi connectivity index (χ4v) is 2.27. The lowest BCUT2D eigenvalue weighted by atomic mass is 9.95. The summed E-state index contributed by atoms with van der Waals surface area (Å²) < 4.78 is 10.7. The molecule has 144 valence electrons. The van der Waals surface area contributed by atoms with E-state index in [1.54, 1.807) is 42.5 Å². The molecule has 0 saturated carbocycles. The Kier molecular flexibility index (Phi) is 6.69. The van der Waals surface area contributed by atoms with E-state index in [0.29, 0.717) is 27.9 Å². The number of benzene rings is 2. The summed E-state index contributed by atoms with van der Waals surface area (Å²) in [5.41, 5.74) is 0.557. The Bertz CT molecular complexity index is 831. The molecule has 2 aromatic rings. The average Bonchev–Trinajstić information content (AvgIpc) is 2.60. The maximum atomic E-state index is 12.2. The predicted molar refractivity (Wildman–Crippen MR) is 107 cm³/mol. The molecule has 6 nitrogen and oxygen atoms in total. The van der Waals surface area contributed by atoms with Gasteiger partial charge in [-0.3, -0.25) is 9.59 Å². The van der Waals surface area contributed by atoms with E-state index in [9.17, 15) is 9.59 Å². The summed E-state index contributed by atoms with van der Waals surface area (Å²) in [6.07, 6.45) is 0. The first-order valence-corrected chi connectivity index (χ1v) is 8.74. The van der Waals surface area contributed by atoms with Crippen molar-refractivity contribution in [2.45, 2.75) is 20.8 Å². The van der Waals surface area contributed by atoms with Crippen molar-refractivity contribution in [3.05, 3.63) is 47.5 Å². The van der Waals surface area contributed by atoms with Crippen molar-refractivity contribution in [3.63, 3.8) is 0 Å². The first-order chi connectivity index (χ1) is 12.7. The van der Waals surface area contributed by atoms with E-state index in [0.717, 1.165) is 0 Å². The van der Waals surface area contributed by atoms with Gasteiger partial charge in [-0.1, -0.05) is 38.4 Å². The predicted octanol–water partition coefficient (Wildman–Crippen LogP) is 4.35. The molecule has 2 N–H and O–H groups in total. The van der Waals surface area contributed by atoms with Gasteiger partial charge >= 0.3 is 0 Å². The summed E-state index contributed by atoms with van der Waals surface area (Å²) in [7, 11) is 1.51. The highest BCUT2D eigenvalue weighted by atomic mass is 35.5. The lowest BCUT2D eigenvalue weighted by Crippen LogP contribution is -2.27. The second kappa shape index (κ2) is 8.77. The molecule has 27 heavy (non-hydrogen) atoms. The van der Waals surface area contributed by atoms with Gasteiger partial charge in [0, 0.05) is 22.2 Å². The van der Waals surface area contributed by atoms with Crippen LogP contribution >= 0.6 is 11.6 Å². The first-order valence-electron chi connectivity index (χ1n) is 8.37. The summed E-state index contributed by atoms with van der Waals surface area (Å²) in [5, 5.41) is 6.00. The molecular weight excluding hydrogens is 368 g/mol. The molecule has 0 saturated heterocycles. The van der Waals surface area contributed by atoms with Gasteiger partial charge in [-0.15, -0.1) is 0 Å². The normalized spacial score (nSPS) is 10.9. The maximum Gasteiger partial charge on any atom is 0.262 e. The number of rotatable bonds is 6. The second-order valence-corrected chi connectivity index (χ2v) is 7.35. The Labute approximate surface area is 163 Å². The monoisotopic (exact) mass is 390 g/mol. The molecular formula is C20H23ClN2O4. The van der Waals surface area contributed by atoms with Crippen LogP contribution in [0.4, 0.5) is 11.4 Å². The zero-order chi connectivity index (χ0) is 20.0. The summed E-state index contributed by atoms with van der Waals surface area (Å²) >= 11 is 5.95. The number of hydrogen-bond acceptors (Lipinski definition) is 4. The van der Waals surface area contributed by atoms with Crippen molar-refractivity contribution in [1.82, 2.24) is 0 Å². The first kappa shape index (κ1) is 20.6. The molecule has 0 bridgehead atoms. The van der Waals surface area contributed by atoms with E-state index in [1.807, 2.05) is 20.8 Å². The minimum absolute atomic E-state index is 0.106. The summed E-state index contributed by atoms with van der Waals surface area (Å²) in [6.45, 7) is 5.29. The molecule has 0 unspecified atom stereocenters. The molecule has 0 fully saturated rings. The van der Waals surface area contributed by atoms with Crippen LogP contribution in [0.2, 0.25) is 5.02 Å². The quantitative estimate of drug-likeness (QED) is 0.768. The Hall–Kier alpha value is -2.73. The summed E-state index contributed by atoms with van der Waals surface area (Å²) in [6, 6.07) is 11.8. The van der Waals surface area contributed by atoms with Gasteiger partial charge in [0.2, 0.25) is 5.91 Å². The van der Waals surface area contributed by atoms with Crippen molar-refractivity contribution in [3.8, 4) is 11.5 Å². The molecule has 0 spiro atoms. The zero-order valence-corrected chi connectivity index (χ0v) is 16.5. The van der Waals surface area contributed by atoms with Crippen LogP contribution in [0.5, 0.6) is 11.5 Å². The fourth-order valence-electron chi connectivity index (χ4n) is 2.10. The number of anilines is 2. The highest BCUT2D eigenvalue weighted by Gasteiger charge is 2.21. The molecule has 2 amide bonds. The Balaban J connectivity index is 1.97. The molecule has 0 atom stereocenters. The molecule has 2 rings (SSSR count). The molecule has 0 heterocycles. The van der Waals surface area contributed by atoms with Gasteiger partial charge in [0.1, 0.15) is 11.5 Å². The van der Waals surface area contributed by atoms with Crippen molar-refractivity contribution >= 4 is 34.8 Å². The van der Waals surface area contributed by atoms with Crippen LogP contribution in [0.25, 0.3) is 0 Å². The van der Waals surface area contributed by atoms with E-state index in [1.165, 1.54) is 7.11 Å². The summed E-state index contributed by atoms with van der Waals surface area (Å²) in [4.78, 5) is 24.2. The van der Waals surface area contributed by atoms with E-state index in [2.05, 4.69) is 10.6 Å². The number of ether oxygens (including phenoxy) is 2. The largest absolute Gasteiger partial charge is 0.495 e. The Morgan fingerprint density at radius 2 is 1.81 bits per heavy atom. The van der Waals surface area contributed by atoms with E-state index >= 15 is 0 Å². The molecule has 7 heteroatoms. The van der Waals surface area contributed by atoms with Gasteiger partial charge in [-0.05, 0) is 30.3 Å². The highest BCUT2D eigenvalue weighted by molar-refractivity contribution is 6.31. The summed E-state index contributed by atoms with van der Waals surface area (Å²) in [5.74, 6) is 0.500. The van der Waals surface area contributed by atoms with Gasteiger partial charge in [-0.25, -0.2) is 0 Å². The molecule has 0 radical (unpaired) electrons. The third-order valence-electron chi connectivity index (χ3n) is 3.58. The standard InChI is InChI=1S/C20H23ClN2O4/c1-20(2,3)19(25)22-14-6-5-7-15(11-14)27-12-18(24)23-16-10-13(21)8-9-17(16)26-4/h5-11H,12H2,1-4H3,(H,22,25)(H,23,24). The number of nitrogens with one attached hydrogen (secondary N) is 2. The van der Waals surface area contributed by atoms with Gasteiger partial charge < -0.3 is 20.1 Å². The smallest absolute Gasteiger partial charge is 0.262 e. The minimum Gasteiger partial charge on any atom is -0.495 e. The van der Waals surface area contributed by atoms with Gasteiger partial charge in [0.25, 0.3) is 5.91 Å². The van der Waals surface area contributed by atoms with E-state index in [4.69, 9.17) is 21.1 Å². The molecule has 2 aromatic carbocycles. The lowest BCUT2D eigenvalue weighted by Gasteiger charge is -2.18. The SMILES string of the molecule is COc1ccc(Cl)cc1NC(=O)COc1cccc(NC(=O)C(C)(C)C)c1. The molecule has 0 aromatic heterocycles. The average molecular weight is 391 g/mol. The number of carbonyl (C=O) groups excluding carboxylic acids is 2. The Morgan fingerprint density at radius 3 is 2.48 bits per heavy atom. The van der Waals surface area contributed by atoms with Crippen LogP contribution in [0, 0.1) is 5.41 Å². The number of halogens is 1. The van der Waals surface area contributed by atoms with Crippen LogP contribution in [0.3, 0.4) is 0 Å². The van der Waals surface area contributed by atoms with Crippen LogP contribution in [-0.4, -0.2) is 25.5 Å². The van der Waals surface area contributed by atoms with Crippen LogP contribution in [-0.2, 0) is 9.59 Å². The van der Waals surface area contributed by atoms with Crippen molar-refractivity contribution in [2.75, 3.05) is 24.4 Å². The van der Waals surface area contributed by atoms with Crippen LogP contribution in [0.15, 0.2) is 42.5 Å². The van der Waals surface area contributed by atoms with Gasteiger partial charge in [0.15, 0.2) is 6.61 Å². The molecule has 0 aliphatic carbocycles. The number of hydrogen-bond donors (Lipinski definition) is 2. The third kappa shape index (κ3) is 6.18. The topological polar surface area (TPSA) is 76.7 Å². The van der Waals surface area contributed by atoms with E-state index < -0.39 is 5.41 Å². The van der Waals surface area contributed by atoms with E-state index in [-0.39, 0.29) is 18.4 Å².